The highest BCUT2D eigenvalue weighted by Gasteiger charge is 2.41. The molecule has 1 aromatic rings. The van der Waals surface area contributed by atoms with Gasteiger partial charge in [-0.3, -0.25) is 9.59 Å². The van der Waals surface area contributed by atoms with Crippen LogP contribution in [0, 0.1) is 0 Å². The van der Waals surface area contributed by atoms with Crippen LogP contribution >= 0.6 is 0 Å². The van der Waals surface area contributed by atoms with Gasteiger partial charge in [0.25, 0.3) is 5.91 Å². The Hall–Kier alpha value is -1.92. The second-order valence-electron chi connectivity index (χ2n) is 5.63. The zero-order valence-corrected chi connectivity index (χ0v) is 13.1. The van der Waals surface area contributed by atoms with Crippen molar-refractivity contribution in [3.8, 4) is 0 Å². The number of carboxylic acids is 1. The quantitative estimate of drug-likeness (QED) is 0.712. The minimum absolute atomic E-state index is 0.0429. The summed E-state index contributed by atoms with van der Waals surface area (Å²) >= 11 is 0. The molecule has 1 aliphatic heterocycles. The molecule has 0 bridgehead atoms. The summed E-state index contributed by atoms with van der Waals surface area (Å²) in [5.74, 6) is -1.04. The number of ether oxygens (including phenoxy) is 2. The van der Waals surface area contributed by atoms with E-state index in [1.54, 1.807) is 0 Å². The van der Waals surface area contributed by atoms with Crippen LogP contribution < -0.4 is 5.32 Å². The summed E-state index contributed by atoms with van der Waals surface area (Å²) in [7, 11) is 0. The fourth-order valence-corrected chi connectivity index (χ4v) is 2.54. The molecule has 0 unspecified atom stereocenters. The van der Waals surface area contributed by atoms with Gasteiger partial charge in [0.05, 0.1) is 6.61 Å². The van der Waals surface area contributed by atoms with E-state index in [2.05, 4.69) is 5.32 Å². The lowest BCUT2D eigenvalue weighted by Gasteiger charge is -2.35. The predicted molar refractivity (Wildman–Crippen MR) is 83.9 cm³/mol. The maximum absolute atomic E-state index is 12.5. The van der Waals surface area contributed by atoms with Crippen molar-refractivity contribution in [2.75, 3.05) is 19.8 Å². The molecular weight excluding hydrogens is 298 g/mol. The van der Waals surface area contributed by atoms with Gasteiger partial charge in [-0.25, -0.2) is 0 Å². The van der Waals surface area contributed by atoms with Gasteiger partial charge >= 0.3 is 5.97 Å². The van der Waals surface area contributed by atoms with E-state index in [4.69, 9.17) is 14.6 Å². The molecule has 0 saturated carbocycles. The Morgan fingerprint density at radius 1 is 1.22 bits per heavy atom. The van der Waals surface area contributed by atoms with E-state index < -0.39 is 11.6 Å². The van der Waals surface area contributed by atoms with Crippen molar-refractivity contribution in [1.82, 2.24) is 5.32 Å². The Labute approximate surface area is 135 Å². The minimum atomic E-state index is -0.892. The zero-order chi connectivity index (χ0) is 16.5. The first-order valence-corrected chi connectivity index (χ1v) is 7.88. The first-order valence-electron chi connectivity index (χ1n) is 7.88. The van der Waals surface area contributed by atoms with Crippen LogP contribution in [0.25, 0.3) is 0 Å². The molecule has 1 amide bonds. The van der Waals surface area contributed by atoms with Crippen molar-refractivity contribution in [2.45, 2.75) is 37.9 Å². The number of carbonyl (C=O) groups excluding carboxylic acids is 1. The molecule has 0 aromatic heterocycles. The van der Waals surface area contributed by atoms with Crippen molar-refractivity contribution in [3.63, 3.8) is 0 Å². The third kappa shape index (κ3) is 5.33. The summed E-state index contributed by atoms with van der Waals surface area (Å²) in [5.41, 5.74) is 0.120. The molecule has 126 valence electrons. The van der Waals surface area contributed by atoms with Crippen molar-refractivity contribution >= 4 is 11.9 Å². The molecule has 0 radical (unpaired) electrons. The number of aliphatic carboxylic acids is 1. The molecule has 1 saturated heterocycles. The van der Waals surface area contributed by atoms with Crippen LogP contribution in [0.3, 0.4) is 0 Å². The number of nitrogens with one attached hydrogen (secondary N) is 1. The molecule has 1 fully saturated rings. The highest BCUT2D eigenvalue weighted by molar-refractivity contribution is 5.85. The Morgan fingerprint density at radius 3 is 2.57 bits per heavy atom. The lowest BCUT2D eigenvalue weighted by Crippen LogP contribution is -2.52. The van der Waals surface area contributed by atoms with Gasteiger partial charge in [-0.1, -0.05) is 30.3 Å². The largest absolute Gasteiger partial charge is 0.481 e. The van der Waals surface area contributed by atoms with E-state index in [9.17, 15) is 9.59 Å². The number of hydrogen-bond acceptors (Lipinski definition) is 4. The highest BCUT2D eigenvalue weighted by atomic mass is 16.5. The fourth-order valence-electron chi connectivity index (χ4n) is 2.54. The van der Waals surface area contributed by atoms with Gasteiger partial charge in [-0.15, -0.1) is 0 Å². The van der Waals surface area contributed by atoms with Crippen molar-refractivity contribution < 1.29 is 24.2 Å². The Bertz CT molecular complexity index is 511. The van der Waals surface area contributed by atoms with Gasteiger partial charge in [0.15, 0.2) is 5.60 Å². The SMILES string of the molecule is O=C(O)CCCNC(=O)C1(OCc2ccccc2)CCOCC1. The summed E-state index contributed by atoms with van der Waals surface area (Å²) in [6.07, 6.45) is 1.46. The number of carbonyl (C=O) groups is 2. The van der Waals surface area contributed by atoms with Crippen molar-refractivity contribution in [2.24, 2.45) is 0 Å². The van der Waals surface area contributed by atoms with Crippen molar-refractivity contribution in [3.05, 3.63) is 35.9 Å². The lowest BCUT2D eigenvalue weighted by atomic mass is 9.92. The van der Waals surface area contributed by atoms with Crippen LogP contribution in [0.15, 0.2) is 30.3 Å². The molecule has 0 atom stereocenters. The van der Waals surface area contributed by atoms with E-state index in [1.807, 2.05) is 30.3 Å². The Balaban J connectivity index is 1.91. The number of amides is 1. The van der Waals surface area contributed by atoms with Gasteiger partial charge < -0.3 is 19.9 Å². The van der Waals surface area contributed by atoms with E-state index in [0.29, 0.717) is 45.6 Å². The third-order valence-corrected chi connectivity index (χ3v) is 3.93. The maximum Gasteiger partial charge on any atom is 0.303 e. The van der Waals surface area contributed by atoms with Crippen LogP contribution in [0.5, 0.6) is 0 Å². The summed E-state index contributed by atoms with van der Waals surface area (Å²) in [6.45, 7) is 1.67. The molecule has 2 rings (SSSR count). The number of rotatable bonds is 8. The second-order valence-corrected chi connectivity index (χ2v) is 5.63. The summed E-state index contributed by atoms with van der Waals surface area (Å²) in [5, 5.41) is 11.4. The summed E-state index contributed by atoms with van der Waals surface area (Å²) < 4.78 is 11.3. The van der Waals surface area contributed by atoms with Crippen LogP contribution in [0.1, 0.15) is 31.2 Å². The zero-order valence-electron chi connectivity index (χ0n) is 13.1. The molecular formula is C17H23NO5. The first kappa shape index (κ1) is 17.4. The molecule has 23 heavy (non-hydrogen) atoms. The average Bonchev–Trinajstić information content (AvgIpc) is 2.58. The average molecular weight is 321 g/mol. The third-order valence-electron chi connectivity index (χ3n) is 3.93. The van der Waals surface area contributed by atoms with Crippen molar-refractivity contribution in [1.29, 1.82) is 0 Å². The summed E-state index contributed by atoms with van der Waals surface area (Å²) in [4.78, 5) is 23.1. The molecule has 1 heterocycles. The standard InChI is InChI=1S/C17H23NO5/c19-15(20)7-4-10-18-16(21)17(8-11-22-12-9-17)23-13-14-5-2-1-3-6-14/h1-3,5-6H,4,7-13H2,(H,18,21)(H,19,20). The van der Waals surface area contributed by atoms with E-state index >= 15 is 0 Å². The van der Waals surface area contributed by atoms with Gasteiger partial charge in [0.1, 0.15) is 0 Å². The molecule has 2 N–H and O–H groups in total. The van der Waals surface area contributed by atoms with E-state index in [1.165, 1.54) is 0 Å². The van der Waals surface area contributed by atoms with Crippen LogP contribution in [0.2, 0.25) is 0 Å². The smallest absolute Gasteiger partial charge is 0.303 e. The van der Waals surface area contributed by atoms with Crippen LogP contribution in [-0.4, -0.2) is 42.3 Å². The monoisotopic (exact) mass is 321 g/mol. The highest BCUT2D eigenvalue weighted by Crippen LogP contribution is 2.27. The second kappa shape index (κ2) is 8.64. The number of carboxylic acid groups (broad SMARTS) is 1. The van der Waals surface area contributed by atoms with Gasteiger partial charge in [-0.2, -0.15) is 0 Å². The van der Waals surface area contributed by atoms with Crippen LogP contribution in [0.4, 0.5) is 0 Å². The Kier molecular flexibility index (Phi) is 6.55. The van der Waals surface area contributed by atoms with E-state index in [-0.39, 0.29) is 12.3 Å². The minimum Gasteiger partial charge on any atom is -0.481 e. The Morgan fingerprint density at radius 2 is 1.91 bits per heavy atom. The molecule has 0 aliphatic carbocycles. The normalized spacial score (nSPS) is 16.7. The van der Waals surface area contributed by atoms with E-state index in [0.717, 1.165) is 5.56 Å². The molecule has 6 nitrogen and oxygen atoms in total. The van der Waals surface area contributed by atoms with Gasteiger partial charge in [0, 0.05) is 39.0 Å². The molecule has 1 aromatic carbocycles. The van der Waals surface area contributed by atoms with Gasteiger partial charge in [-0.05, 0) is 12.0 Å². The number of hydrogen-bond donors (Lipinski definition) is 2. The summed E-state index contributed by atoms with van der Waals surface area (Å²) in [6, 6.07) is 9.71. The maximum atomic E-state index is 12.5. The molecule has 0 spiro atoms. The van der Waals surface area contributed by atoms with Crippen LogP contribution in [-0.2, 0) is 25.7 Å². The molecule has 6 heteroatoms. The fraction of sp³-hybridized carbons (Fsp3) is 0.529. The molecule has 1 aliphatic rings. The van der Waals surface area contributed by atoms with Gasteiger partial charge in [0.2, 0.25) is 0 Å². The predicted octanol–water partition coefficient (Wildman–Crippen LogP) is 1.73. The number of benzene rings is 1. The lowest BCUT2D eigenvalue weighted by molar-refractivity contribution is -0.163. The topological polar surface area (TPSA) is 84.9 Å². The first-order chi connectivity index (χ1) is 11.1.